The predicted molar refractivity (Wildman–Crippen MR) is 157 cm³/mol. The van der Waals surface area contributed by atoms with Crippen LogP contribution in [0, 0.1) is 11.6 Å². The van der Waals surface area contributed by atoms with Gasteiger partial charge >= 0.3 is 11.9 Å². The summed E-state index contributed by atoms with van der Waals surface area (Å²) in [4.78, 5) is 31.6. The molecule has 0 saturated carbocycles. The van der Waals surface area contributed by atoms with Gasteiger partial charge in [0, 0.05) is 59.5 Å². The fourth-order valence-corrected chi connectivity index (χ4v) is 6.44. The van der Waals surface area contributed by atoms with Crippen molar-refractivity contribution in [1.82, 2.24) is 14.9 Å². The zero-order chi connectivity index (χ0) is 31.6. The van der Waals surface area contributed by atoms with Gasteiger partial charge in [0.25, 0.3) is 0 Å². The van der Waals surface area contributed by atoms with E-state index in [0.717, 1.165) is 41.6 Å². The van der Waals surface area contributed by atoms with Crippen molar-refractivity contribution in [2.75, 3.05) is 37.5 Å². The number of benzene rings is 2. The van der Waals surface area contributed by atoms with E-state index in [0.29, 0.717) is 6.07 Å². The minimum absolute atomic E-state index is 0.0197. The van der Waals surface area contributed by atoms with E-state index >= 15 is 4.39 Å². The smallest absolute Gasteiger partial charge is 0.383 e. The Balaban J connectivity index is 2.12. The van der Waals surface area contributed by atoms with Gasteiger partial charge in [-0.1, -0.05) is 18.2 Å². The second-order valence-electron chi connectivity index (χ2n) is 10.3. The number of amides is 1. The fraction of sp³-hybridized carbons (Fsp3) is 0.367. The molecule has 0 aliphatic carbocycles. The molecule has 2 aromatic carbocycles. The summed E-state index contributed by atoms with van der Waals surface area (Å²) in [7, 11) is 1.44. The molecule has 230 valence electrons. The highest BCUT2D eigenvalue weighted by atomic mass is 32.2. The van der Waals surface area contributed by atoms with Gasteiger partial charge in [-0.2, -0.15) is 18.2 Å². The fourth-order valence-electron chi connectivity index (χ4n) is 5.13. The maximum Gasteiger partial charge on any atom is 0.417 e. The Kier molecular flexibility index (Phi) is 9.65. The Labute approximate surface area is 249 Å². The van der Waals surface area contributed by atoms with Crippen molar-refractivity contribution in [3.63, 3.8) is 0 Å². The van der Waals surface area contributed by atoms with Gasteiger partial charge in [0.05, 0.1) is 23.7 Å². The molecule has 1 aromatic heterocycles. The average molecular weight is 623 g/mol. The number of nitrogens with zero attached hydrogens (tertiary/aromatic N) is 3. The van der Waals surface area contributed by atoms with Crippen LogP contribution in [0.1, 0.15) is 32.4 Å². The maximum absolute atomic E-state index is 15.1. The van der Waals surface area contributed by atoms with Crippen LogP contribution in [-0.4, -0.2) is 54.1 Å². The van der Waals surface area contributed by atoms with Crippen molar-refractivity contribution in [2.24, 2.45) is 0 Å². The third kappa shape index (κ3) is 6.62. The zero-order valence-electron chi connectivity index (χ0n) is 24.0. The predicted octanol–water partition coefficient (Wildman–Crippen LogP) is 6.12. The van der Waals surface area contributed by atoms with E-state index in [2.05, 4.69) is 16.9 Å². The first-order chi connectivity index (χ1) is 20.3. The number of anilines is 1. The molecule has 1 aliphatic heterocycles. The zero-order valence-corrected chi connectivity index (χ0v) is 24.8. The molecule has 0 bridgehead atoms. The number of nitrogens with one attached hydrogen (secondary N) is 1. The summed E-state index contributed by atoms with van der Waals surface area (Å²) in [6.07, 6.45) is -2.03. The van der Waals surface area contributed by atoms with Crippen LogP contribution < -0.4 is 15.9 Å². The lowest BCUT2D eigenvalue weighted by Gasteiger charge is -2.33. The largest absolute Gasteiger partial charge is 0.417 e. The van der Waals surface area contributed by atoms with Crippen LogP contribution in [0.4, 0.5) is 27.8 Å². The molecule has 2 atom stereocenters. The minimum atomic E-state index is -4.95. The number of carbonyl (C=O) groups excluding carboxylic acids is 1. The van der Waals surface area contributed by atoms with E-state index in [1.165, 1.54) is 11.7 Å². The average Bonchev–Trinajstić information content (AvgIpc) is 2.94. The summed E-state index contributed by atoms with van der Waals surface area (Å²) in [6, 6.07) is 2.18. The lowest BCUT2D eigenvalue weighted by molar-refractivity contribution is -0.137. The summed E-state index contributed by atoms with van der Waals surface area (Å²) in [5.74, 6) is -2.41. The first-order valence-corrected chi connectivity index (χ1v) is 14.4. The molecule has 1 N–H and O–H groups in total. The van der Waals surface area contributed by atoms with Crippen LogP contribution in [0.25, 0.3) is 22.0 Å². The number of hydrogen-bond donors (Lipinski definition) is 1. The molecule has 1 amide bonds. The van der Waals surface area contributed by atoms with E-state index in [4.69, 9.17) is 4.74 Å². The highest BCUT2D eigenvalue weighted by Gasteiger charge is 2.40. The number of halogens is 5. The highest BCUT2D eigenvalue weighted by molar-refractivity contribution is 7.99. The number of thioether (sulfide) groups is 1. The lowest BCUT2D eigenvalue weighted by atomic mass is 9.95. The first kappa shape index (κ1) is 32.2. The molecule has 43 heavy (non-hydrogen) atoms. The van der Waals surface area contributed by atoms with Gasteiger partial charge in [-0.3, -0.25) is 9.36 Å². The Morgan fingerprint density at radius 3 is 2.65 bits per heavy atom. The number of aromatic nitrogens is 2. The van der Waals surface area contributed by atoms with Gasteiger partial charge in [-0.15, -0.1) is 11.8 Å². The van der Waals surface area contributed by atoms with Crippen molar-refractivity contribution >= 4 is 34.4 Å². The van der Waals surface area contributed by atoms with Crippen LogP contribution in [0.3, 0.4) is 0 Å². The minimum Gasteiger partial charge on any atom is -0.383 e. The molecule has 2 heterocycles. The normalized spacial score (nSPS) is 15.8. The monoisotopic (exact) mass is 622 g/mol. The highest BCUT2D eigenvalue weighted by Crippen LogP contribution is 2.50. The number of methoxy groups -OCH3 is 1. The number of hydrogen-bond acceptors (Lipinski definition) is 6. The van der Waals surface area contributed by atoms with Crippen molar-refractivity contribution in [3.05, 3.63) is 76.3 Å². The number of rotatable bonds is 10. The van der Waals surface area contributed by atoms with E-state index < -0.39 is 58.2 Å². The molecule has 7 nitrogen and oxygen atoms in total. The van der Waals surface area contributed by atoms with E-state index in [1.54, 1.807) is 18.7 Å². The number of ether oxygens (including phenoxy) is 1. The molecule has 0 saturated heterocycles. The molecular weight excluding hydrogens is 591 g/mol. The molecular formula is C30H31F5N4O3S. The Morgan fingerprint density at radius 2 is 2.05 bits per heavy atom. The summed E-state index contributed by atoms with van der Waals surface area (Å²) in [6.45, 7) is 9.13. The second kappa shape index (κ2) is 12.9. The van der Waals surface area contributed by atoms with Gasteiger partial charge < -0.3 is 15.0 Å². The number of alkyl halides is 3. The van der Waals surface area contributed by atoms with Crippen LogP contribution in [0.15, 0.2) is 58.3 Å². The van der Waals surface area contributed by atoms with Crippen LogP contribution >= 0.6 is 11.8 Å². The Bertz CT molecular complexity index is 1650. The summed E-state index contributed by atoms with van der Waals surface area (Å²) in [5, 5.41) is 2.75. The van der Waals surface area contributed by atoms with Crippen LogP contribution in [0.5, 0.6) is 0 Å². The van der Waals surface area contributed by atoms with Gasteiger partial charge in [-0.25, -0.2) is 13.6 Å². The second-order valence-corrected chi connectivity index (χ2v) is 11.3. The van der Waals surface area contributed by atoms with Crippen LogP contribution in [-0.2, 0) is 15.7 Å². The molecule has 0 unspecified atom stereocenters. The molecule has 4 rings (SSSR count). The molecule has 13 heteroatoms. The van der Waals surface area contributed by atoms with Crippen molar-refractivity contribution < 1.29 is 31.5 Å². The molecule has 1 aliphatic rings. The van der Waals surface area contributed by atoms with E-state index in [9.17, 15) is 27.2 Å². The van der Waals surface area contributed by atoms with Gasteiger partial charge in [0.1, 0.15) is 17.5 Å². The van der Waals surface area contributed by atoms with Gasteiger partial charge in [-0.05, 0) is 45.0 Å². The third-order valence-electron chi connectivity index (χ3n) is 7.10. The number of carbonyl (C=O) groups is 1. The topological polar surface area (TPSA) is 76.5 Å². The molecule has 0 radical (unpaired) electrons. The van der Waals surface area contributed by atoms with Crippen LogP contribution in [0.2, 0.25) is 0 Å². The lowest BCUT2D eigenvalue weighted by Crippen LogP contribution is -2.43. The Hall–Kier alpha value is -3.71. The summed E-state index contributed by atoms with van der Waals surface area (Å²) >= 11 is 1.04. The molecule has 0 fully saturated rings. The van der Waals surface area contributed by atoms with Crippen molar-refractivity contribution in [1.29, 1.82) is 0 Å². The maximum atomic E-state index is 15.1. The molecule has 0 spiro atoms. The standard InChI is InChI=1S/C30H31F5N4O3S/c1-6-16(3)12-38(13-17(4)36-24(40)7-2)28-21-11-22(30(33,34)35)25(20-9-8-18(31)10-23(20)32)27-26(21)39(29(41)37-28)19(14-42-5)15-43-27/h6-11,17,19H,2,12-15H2,1,3-5H3,(H,36,40)/b16-6-/t17-,19-/m0/s1. The van der Waals surface area contributed by atoms with E-state index in [1.807, 2.05) is 13.0 Å². The summed E-state index contributed by atoms with van der Waals surface area (Å²) in [5.41, 5.74) is -1.81. The molecule has 3 aromatic rings. The van der Waals surface area contributed by atoms with Crippen molar-refractivity contribution in [3.8, 4) is 11.1 Å². The summed E-state index contributed by atoms with van der Waals surface area (Å²) < 4.78 is 79.9. The van der Waals surface area contributed by atoms with Gasteiger partial charge in [0.2, 0.25) is 5.91 Å². The van der Waals surface area contributed by atoms with Gasteiger partial charge in [0.15, 0.2) is 0 Å². The first-order valence-electron chi connectivity index (χ1n) is 13.4. The number of allylic oxidation sites excluding steroid dienone is 1. The van der Waals surface area contributed by atoms with Crippen molar-refractivity contribution in [2.45, 2.75) is 43.9 Å². The third-order valence-corrected chi connectivity index (χ3v) is 8.33. The van der Waals surface area contributed by atoms with E-state index in [-0.39, 0.29) is 47.1 Å². The quantitative estimate of drug-likeness (QED) is 0.167. The SMILES string of the molecule is C=CC(=O)N[C@@H](C)CN(C/C(C)=C\C)c1nc(=O)n2c3c(c(-c4ccc(F)cc4F)c(C(F)(F)F)cc13)SC[C@@H]2COC. The Morgan fingerprint density at radius 1 is 1.33 bits per heavy atom.